The normalized spacial score (nSPS) is 12.6. The van der Waals surface area contributed by atoms with Gasteiger partial charge in [0.25, 0.3) is 0 Å². The van der Waals surface area contributed by atoms with Crippen LogP contribution in [0.3, 0.4) is 0 Å². The van der Waals surface area contributed by atoms with Crippen molar-refractivity contribution in [2.75, 3.05) is 57.0 Å². The second-order valence-electron chi connectivity index (χ2n) is 29.9. The molecule has 3 aliphatic carbocycles. The van der Waals surface area contributed by atoms with Gasteiger partial charge in [-0.05, 0) is 151 Å². The largest absolute Gasteiger partial charge is 2.00 e. The molecule has 18 aromatic rings. The summed E-state index contributed by atoms with van der Waals surface area (Å²) in [6.07, 6.45) is 17.8. The van der Waals surface area contributed by atoms with Gasteiger partial charge in [0.15, 0.2) is 0 Å². The quantitative estimate of drug-likeness (QED) is 0.0756. The zero-order valence-electron chi connectivity index (χ0n) is 67.4. The molecule has 0 radical (unpaired) electrons. The van der Waals surface area contributed by atoms with Gasteiger partial charge in [0.05, 0.1) is 44.9 Å². The molecule has 9 heterocycles. The fraction of sp³-hybridized carbons (Fsp3) is 0.0857. The smallest absolute Gasteiger partial charge is 0.507 e. The van der Waals surface area contributed by atoms with Gasteiger partial charge < -0.3 is 47.9 Å². The molecule has 18 heteroatoms. The Morgan fingerprint density at radius 2 is 0.691 bits per heavy atom. The number of aromatic nitrogens is 7. The van der Waals surface area contributed by atoms with Gasteiger partial charge in [-0.25, -0.2) is 0 Å². The minimum absolute atomic E-state index is 0. The first-order valence-corrected chi connectivity index (χ1v) is 40.3. The molecule has 21 rings (SSSR count). The van der Waals surface area contributed by atoms with E-state index in [1.807, 2.05) is 196 Å². The number of hydrogen-bond acceptors (Lipinski definition) is 14. The van der Waals surface area contributed by atoms with Crippen LogP contribution in [0.15, 0.2) is 357 Å². The molecule has 606 valence electrons. The number of thiophene rings is 1. The fourth-order valence-corrected chi connectivity index (χ4v) is 17.7. The molecule has 9 aromatic heterocycles. The molecule has 9 aromatic carbocycles. The molecular weight excluding hydrogens is 2080 g/mol. The van der Waals surface area contributed by atoms with Gasteiger partial charge in [-0.3, -0.25) is 19.9 Å². The molecule has 0 aliphatic heterocycles. The number of nitrogens with zero attached hydrogens (tertiary/aromatic N) is 10. The molecule has 0 atom stereocenters. The van der Waals surface area contributed by atoms with Gasteiger partial charge in [-0.1, -0.05) is 182 Å². The van der Waals surface area contributed by atoms with Gasteiger partial charge in [0.1, 0.15) is 5.06 Å². The Morgan fingerprint density at radius 3 is 1.09 bits per heavy atom. The van der Waals surface area contributed by atoms with Gasteiger partial charge in [0, 0.05) is 114 Å². The van der Waals surface area contributed by atoms with Crippen LogP contribution >= 0.6 is 11.3 Å². The molecule has 0 fully saturated rings. The number of rotatable bonds is 18. The second kappa shape index (κ2) is 36.0. The fourth-order valence-electron chi connectivity index (χ4n) is 17.0. The van der Waals surface area contributed by atoms with E-state index in [0.717, 1.165) is 79.2 Å². The van der Waals surface area contributed by atoms with Crippen molar-refractivity contribution in [3.05, 3.63) is 456 Å². The van der Waals surface area contributed by atoms with Crippen molar-refractivity contribution < 1.29 is 81.8 Å². The third-order valence-corrected chi connectivity index (χ3v) is 23.1. The summed E-state index contributed by atoms with van der Waals surface area (Å²) in [5.41, 5.74) is 24.6. The molecular formula is C105H76N10O4Pt3S. The van der Waals surface area contributed by atoms with E-state index in [1.54, 1.807) is 18.7 Å². The maximum atomic E-state index is 6.36. The molecule has 0 amide bonds. The molecule has 0 saturated heterocycles. The molecule has 0 N–H and O–H groups in total. The standard InChI is InChI=1S/C35H26N4O.C35H25N3O2.C35H25N3OS.3Pt/c1-38(2)26-17-20-37-34(23-26)39-21-18-28(24-39)40-27-11-9-10-25(22-27)35(33-16-7-8-19-36-33)31-14-5-3-12-29(31)30-13-4-6-15-32(30)35;1-38(2)26-17-19-36-32(22-26)24-20-34(39-23-24)40-27-11-9-10-25(21-27)35(33-16-7-8-18-37-33)30-14-5-3-12-28(30)29-13-4-6-15-31(29)35;1-38(2)26-17-19-36-32(22-26)24-20-34(40-23-24)39-27-11-9-10-25(21-27)35(33-16-7-8-18-37-33)30-14-5-3-12-28(30)29-13-4-6-15-31(29)35;;;/h3-21,23H,1-2H3;2*3-19,22-23H,1-2H3;;;/q3*-2;3*+2. The Hall–Kier alpha value is -13.0. The van der Waals surface area contributed by atoms with Gasteiger partial charge in [-0.2, -0.15) is 53.3 Å². The van der Waals surface area contributed by atoms with Crippen LogP contribution in [0.1, 0.15) is 67.2 Å². The summed E-state index contributed by atoms with van der Waals surface area (Å²) < 4.78 is 26.5. The Kier molecular flexibility index (Phi) is 24.5. The van der Waals surface area contributed by atoms with Gasteiger partial charge >= 0.3 is 63.2 Å². The number of anilines is 3. The summed E-state index contributed by atoms with van der Waals surface area (Å²) in [4.78, 5) is 34.3. The predicted octanol–water partition coefficient (Wildman–Crippen LogP) is 22.7. The molecule has 123 heavy (non-hydrogen) atoms. The monoisotopic (exact) mass is 2160 g/mol. The first kappa shape index (κ1) is 83.6. The van der Waals surface area contributed by atoms with Crippen LogP contribution in [0.2, 0.25) is 0 Å². The van der Waals surface area contributed by atoms with Crippen LogP contribution in [0.4, 0.5) is 17.1 Å². The van der Waals surface area contributed by atoms with Crippen molar-refractivity contribution in [1.29, 1.82) is 0 Å². The van der Waals surface area contributed by atoms with Crippen molar-refractivity contribution in [2.24, 2.45) is 0 Å². The number of pyridine rings is 6. The molecule has 0 unspecified atom stereocenters. The summed E-state index contributed by atoms with van der Waals surface area (Å²) in [5.74, 6) is 3.38. The van der Waals surface area contributed by atoms with Crippen LogP contribution in [-0.2, 0) is 79.4 Å². The maximum Gasteiger partial charge on any atom is 2.00 e. The third-order valence-electron chi connectivity index (χ3n) is 22.4. The van der Waals surface area contributed by atoms with E-state index in [4.69, 9.17) is 33.6 Å². The van der Waals surface area contributed by atoms with Gasteiger partial charge in [0.2, 0.25) is 5.95 Å². The molecule has 14 nitrogen and oxygen atoms in total. The second-order valence-corrected chi connectivity index (χ2v) is 30.7. The maximum absolute atomic E-state index is 6.36. The number of hydrogen-bond donors (Lipinski definition) is 0. The van der Waals surface area contributed by atoms with Gasteiger partial charge in [-0.15, -0.1) is 82.4 Å². The van der Waals surface area contributed by atoms with E-state index in [-0.39, 0.29) is 69.1 Å². The SMILES string of the molecule is CN(C)c1ccnc(-c2[c-]c(Oc3[c-]c(C4(c5ccccn5)c5ccccc5-c5ccccc54)ccc3)oc2)c1.CN(C)c1ccnc(-c2[c-]c(Oc3[c-]c(C4(c5ccccn5)c5ccccc5-c5ccccc54)ccc3)sc2)c1.CN(C)c1ccnc(-n2[c-]c(Oc3[c-]c(C4(c5ccccn5)c5ccccc5-c5ccccc54)ccc3)cc2)c1.[Pt+2].[Pt+2].[Pt+2]. The first-order chi connectivity index (χ1) is 58.9. The summed E-state index contributed by atoms with van der Waals surface area (Å²) in [5, 5.41) is 2.69. The Labute approximate surface area is 763 Å². The number of benzene rings is 9. The van der Waals surface area contributed by atoms with Crippen molar-refractivity contribution in [3.8, 4) is 95.7 Å². The minimum atomic E-state index is -0.650. The van der Waals surface area contributed by atoms with Crippen LogP contribution in [0.25, 0.3) is 61.7 Å². The van der Waals surface area contributed by atoms with Crippen molar-refractivity contribution >= 4 is 28.4 Å². The van der Waals surface area contributed by atoms with E-state index in [1.165, 1.54) is 78.1 Å². The van der Waals surface area contributed by atoms with E-state index >= 15 is 0 Å². The average molecular weight is 2160 g/mol. The first-order valence-electron chi connectivity index (χ1n) is 39.4. The number of fused-ring (bicyclic) bond motifs is 9. The van der Waals surface area contributed by atoms with E-state index in [0.29, 0.717) is 28.1 Å². The Morgan fingerprint density at radius 1 is 0.325 bits per heavy atom. The summed E-state index contributed by atoms with van der Waals surface area (Å²) in [6.45, 7) is 0. The van der Waals surface area contributed by atoms with Crippen LogP contribution in [0, 0.1) is 36.5 Å². The average Bonchev–Trinajstić information content (AvgIpc) is 1.56. The summed E-state index contributed by atoms with van der Waals surface area (Å²) in [6, 6.07) is 119. The minimum Gasteiger partial charge on any atom is -0.507 e. The molecule has 0 spiro atoms. The summed E-state index contributed by atoms with van der Waals surface area (Å²) in [7, 11) is 12.0. The van der Waals surface area contributed by atoms with Crippen LogP contribution < -0.4 is 28.9 Å². The number of ether oxygens (including phenoxy) is 3. The Balaban J connectivity index is 0.000000135. The summed E-state index contributed by atoms with van der Waals surface area (Å²) >= 11 is 1.50. The van der Waals surface area contributed by atoms with E-state index in [9.17, 15) is 0 Å². The number of furan rings is 1. The zero-order valence-corrected chi connectivity index (χ0v) is 75.1. The molecule has 0 saturated carbocycles. The van der Waals surface area contributed by atoms with E-state index < -0.39 is 16.2 Å². The van der Waals surface area contributed by atoms with Crippen LogP contribution in [0.5, 0.6) is 34.0 Å². The third kappa shape index (κ3) is 15.5. The van der Waals surface area contributed by atoms with Crippen molar-refractivity contribution in [2.45, 2.75) is 16.2 Å². The zero-order chi connectivity index (χ0) is 81.3. The topological polar surface area (TPSA) is 133 Å². The van der Waals surface area contributed by atoms with Crippen molar-refractivity contribution in [3.63, 3.8) is 0 Å². The van der Waals surface area contributed by atoms with E-state index in [2.05, 4.69) is 251 Å². The predicted molar refractivity (Wildman–Crippen MR) is 474 cm³/mol. The van der Waals surface area contributed by atoms with Crippen molar-refractivity contribution in [1.82, 2.24) is 34.5 Å². The van der Waals surface area contributed by atoms with Crippen LogP contribution in [-0.4, -0.2) is 76.8 Å². The Bertz CT molecular complexity index is 6000. The molecule has 3 aliphatic rings. The molecule has 0 bridgehead atoms.